The molecule has 0 spiro atoms. The maximum atomic E-state index is 5.55. The molecule has 0 N–H and O–H groups in total. The van der Waals surface area contributed by atoms with Gasteiger partial charge in [-0.1, -0.05) is 36.5 Å². The molecule has 0 aliphatic heterocycles. The number of hydrogen-bond acceptors (Lipinski definition) is 2. The molecule has 1 atom stereocenters. The smallest absolute Gasteiger partial charge is 0.147 e. The Balaban J connectivity index is 3.93. The zero-order chi connectivity index (χ0) is 13.5. The quantitative estimate of drug-likeness (QED) is 0.186. The summed E-state index contributed by atoms with van der Waals surface area (Å²) in [7, 11) is 1.62. The van der Waals surface area contributed by atoms with Crippen LogP contribution < -0.4 is 0 Å². The SMILES string of the molecule is COCOC(/C=C/C=C\CCl)CCC/C=C\CCl. The Morgan fingerprint density at radius 3 is 2.50 bits per heavy atom. The van der Waals surface area contributed by atoms with E-state index in [0.29, 0.717) is 18.6 Å². The van der Waals surface area contributed by atoms with E-state index in [9.17, 15) is 0 Å². The second kappa shape index (κ2) is 14.8. The Hall–Kier alpha value is -0.280. The molecule has 0 fully saturated rings. The Morgan fingerprint density at radius 2 is 1.83 bits per heavy atom. The summed E-state index contributed by atoms with van der Waals surface area (Å²) in [6.45, 7) is 0.311. The van der Waals surface area contributed by atoms with E-state index in [4.69, 9.17) is 32.7 Å². The lowest BCUT2D eigenvalue weighted by Gasteiger charge is -2.12. The summed E-state index contributed by atoms with van der Waals surface area (Å²) >= 11 is 11.1. The molecule has 0 radical (unpaired) electrons. The molecule has 0 bridgehead atoms. The summed E-state index contributed by atoms with van der Waals surface area (Å²) in [6.07, 6.45) is 15.0. The van der Waals surface area contributed by atoms with Crippen LogP contribution in [0.25, 0.3) is 0 Å². The molecule has 0 aromatic carbocycles. The number of allylic oxidation sites excluding steroid dienone is 5. The van der Waals surface area contributed by atoms with Gasteiger partial charge in [0, 0.05) is 18.9 Å². The van der Waals surface area contributed by atoms with E-state index in [-0.39, 0.29) is 6.10 Å². The normalized spacial score (nSPS) is 14.2. The second-order valence-electron chi connectivity index (χ2n) is 3.64. The van der Waals surface area contributed by atoms with Crippen LogP contribution in [0.1, 0.15) is 19.3 Å². The minimum Gasteiger partial charge on any atom is -0.359 e. The minimum atomic E-state index is 0.0781. The van der Waals surface area contributed by atoms with E-state index in [0.717, 1.165) is 19.3 Å². The Kier molecular flexibility index (Phi) is 14.5. The average Bonchev–Trinajstić information content (AvgIpc) is 2.39. The molecule has 0 rings (SSSR count). The van der Waals surface area contributed by atoms with Crippen molar-refractivity contribution in [2.75, 3.05) is 25.7 Å². The van der Waals surface area contributed by atoms with Gasteiger partial charge in [-0.25, -0.2) is 0 Å². The third-order valence-corrected chi connectivity index (χ3v) is 2.53. The van der Waals surface area contributed by atoms with Gasteiger partial charge in [0.25, 0.3) is 0 Å². The first-order chi connectivity index (χ1) is 8.85. The van der Waals surface area contributed by atoms with Crippen LogP contribution in [0.5, 0.6) is 0 Å². The first-order valence-corrected chi connectivity index (χ1v) is 7.12. The molecule has 2 nitrogen and oxygen atoms in total. The number of ether oxygens (including phenoxy) is 2. The summed E-state index contributed by atoms with van der Waals surface area (Å²) in [5.41, 5.74) is 0. The highest BCUT2D eigenvalue weighted by Crippen LogP contribution is 2.08. The lowest BCUT2D eigenvalue weighted by Crippen LogP contribution is -2.11. The molecular weight excluding hydrogens is 271 g/mol. The molecule has 0 saturated carbocycles. The summed E-state index contributed by atoms with van der Waals surface area (Å²) in [4.78, 5) is 0. The summed E-state index contributed by atoms with van der Waals surface area (Å²) < 4.78 is 10.5. The van der Waals surface area contributed by atoms with Gasteiger partial charge < -0.3 is 9.47 Å². The molecule has 0 aliphatic carbocycles. The summed E-state index contributed by atoms with van der Waals surface area (Å²) in [5, 5.41) is 0. The molecule has 104 valence electrons. The zero-order valence-electron chi connectivity index (χ0n) is 10.9. The number of unbranched alkanes of at least 4 members (excludes halogenated alkanes) is 1. The van der Waals surface area contributed by atoms with Crippen molar-refractivity contribution in [2.45, 2.75) is 25.4 Å². The van der Waals surface area contributed by atoms with Gasteiger partial charge in [0.2, 0.25) is 0 Å². The van der Waals surface area contributed by atoms with Crippen LogP contribution in [0, 0.1) is 0 Å². The van der Waals surface area contributed by atoms with Crippen LogP contribution >= 0.6 is 23.2 Å². The Labute approximate surface area is 120 Å². The summed E-state index contributed by atoms with van der Waals surface area (Å²) in [6, 6.07) is 0. The highest BCUT2D eigenvalue weighted by Gasteiger charge is 2.03. The standard InChI is InChI=1S/C14H22Cl2O2/c1-17-13-18-14(10-6-4-8-12-16)9-5-2-3-7-11-15/h3-4,6-8,10,14H,2,5,9,11-13H2,1H3/b7-3-,8-4-,10-6+. The van der Waals surface area contributed by atoms with Gasteiger partial charge in [-0.3, -0.25) is 0 Å². The molecule has 0 aliphatic rings. The molecule has 1 unspecified atom stereocenters. The van der Waals surface area contributed by atoms with Crippen molar-refractivity contribution in [3.63, 3.8) is 0 Å². The Morgan fingerprint density at radius 1 is 1.06 bits per heavy atom. The molecule has 0 aromatic rings. The van der Waals surface area contributed by atoms with Crippen molar-refractivity contribution in [2.24, 2.45) is 0 Å². The van der Waals surface area contributed by atoms with Crippen molar-refractivity contribution in [3.05, 3.63) is 36.5 Å². The topological polar surface area (TPSA) is 18.5 Å². The van der Waals surface area contributed by atoms with Crippen molar-refractivity contribution in [1.29, 1.82) is 0 Å². The van der Waals surface area contributed by atoms with Gasteiger partial charge >= 0.3 is 0 Å². The maximum Gasteiger partial charge on any atom is 0.147 e. The van der Waals surface area contributed by atoms with Crippen LogP contribution in [-0.4, -0.2) is 31.8 Å². The van der Waals surface area contributed by atoms with Crippen LogP contribution in [-0.2, 0) is 9.47 Å². The van der Waals surface area contributed by atoms with Crippen LogP contribution in [0.3, 0.4) is 0 Å². The minimum absolute atomic E-state index is 0.0781. The molecule has 0 aromatic heterocycles. The molecular formula is C14H22Cl2O2. The molecule has 4 heteroatoms. The number of alkyl halides is 2. The van der Waals surface area contributed by atoms with Crippen LogP contribution in [0.2, 0.25) is 0 Å². The zero-order valence-corrected chi connectivity index (χ0v) is 12.4. The van der Waals surface area contributed by atoms with Crippen molar-refractivity contribution in [3.8, 4) is 0 Å². The first kappa shape index (κ1) is 17.7. The Bertz CT molecular complexity index is 250. The van der Waals surface area contributed by atoms with Crippen molar-refractivity contribution >= 4 is 23.2 Å². The van der Waals surface area contributed by atoms with Gasteiger partial charge in [-0.2, -0.15) is 0 Å². The molecule has 0 saturated heterocycles. The molecule has 18 heavy (non-hydrogen) atoms. The van der Waals surface area contributed by atoms with E-state index in [2.05, 4.69) is 6.08 Å². The van der Waals surface area contributed by atoms with E-state index in [1.54, 1.807) is 7.11 Å². The fraction of sp³-hybridized carbons (Fsp3) is 0.571. The number of methoxy groups -OCH3 is 1. The first-order valence-electron chi connectivity index (χ1n) is 6.06. The summed E-state index contributed by atoms with van der Waals surface area (Å²) in [5.74, 6) is 1.10. The van der Waals surface area contributed by atoms with Gasteiger partial charge in [-0.05, 0) is 19.3 Å². The van der Waals surface area contributed by atoms with E-state index < -0.39 is 0 Å². The monoisotopic (exact) mass is 292 g/mol. The lowest BCUT2D eigenvalue weighted by molar-refractivity contribution is -0.0578. The van der Waals surface area contributed by atoms with Gasteiger partial charge in [0.1, 0.15) is 6.79 Å². The fourth-order valence-electron chi connectivity index (χ4n) is 1.33. The lowest BCUT2D eigenvalue weighted by atomic mass is 10.1. The van der Waals surface area contributed by atoms with Gasteiger partial charge in [0.05, 0.1) is 6.10 Å². The van der Waals surface area contributed by atoms with Crippen molar-refractivity contribution in [1.82, 2.24) is 0 Å². The number of hydrogen-bond donors (Lipinski definition) is 0. The maximum absolute atomic E-state index is 5.55. The van der Waals surface area contributed by atoms with E-state index >= 15 is 0 Å². The van der Waals surface area contributed by atoms with Crippen LogP contribution in [0.4, 0.5) is 0 Å². The third kappa shape index (κ3) is 12.2. The van der Waals surface area contributed by atoms with Crippen LogP contribution in [0.15, 0.2) is 36.5 Å². The molecule has 0 heterocycles. The van der Waals surface area contributed by atoms with E-state index in [1.165, 1.54) is 0 Å². The average molecular weight is 293 g/mol. The van der Waals surface area contributed by atoms with Crippen molar-refractivity contribution < 1.29 is 9.47 Å². The fourth-order valence-corrected chi connectivity index (χ4v) is 1.56. The third-order valence-electron chi connectivity index (χ3n) is 2.18. The molecule has 0 amide bonds. The highest BCUT2D eigenvalue weighted by molar-refractivity contribution is 6.19. The van der Waals surface area contributed by atoms with Gasteiger partial charge in [-0.15, -0.1) is 23.2 Å². The predicted molar refractivity (Wildman–Crippen MR) is 79.5 cm³/mol. The van der Waals surface area contributed by atoms with Gasteiger partial charge in [0.15, 0.2) is 0 Å². The number of halogens is 2. The predicted octanol–water partition coefficient (Wildman–Crippen LogP) is 4.29. The number of rotatable bonds is 11. The highest BCUT2D eigenvalue weighted by atomic mass is 35.5. The second-order valence-corrected chi connectivity index (χ2v) is 4.25. The largest absolute Gasteiger partial charge is 0.359 e. The van der Waals surface area contributed by atoms with E-state index in [1.807, 2.05) is 30.4 Å².